The van der Waals surface area contributed by atoms with Crippen LogP contribution in [0.25, 0.3) is 0 Å². The molecule has 2 nitrogen and oxygen atoms in total. The summed E-state index contributed by atoms with van der Waals surface area (Å²) in [5.41, 5.74) is 6.20. The van der Waals surface area contributed by atoms with Gasteiger partial charge in [-0.25, -0.2) is 0 Å². The Morgan fingerprint density at radius 2 is 1.89 bits per heavy atom. The molecule has 1 aliphatic rings. The molecule has 1 atom stereocenters. The number of hydrogen-bond donors (Lipinski definition) is 1. The Hall–Kier alpha value is -1.96. The maximum atomic E-state index is 6.17. The summed E-state index contributed by atoms with van der Waals surface area (Å²) in [5.74, 6) is 0.956. The van der Waals surface area contributed by atoms with Gasteiger partial charge in [-0.1, -0.05) is 35.9 Å². The largest absolute Gasteiger partial charge is 0.482 e. The lowest BCUT2D eigenvalue weighted by atomic mass is 9.99. The lowest BCUT2D eigenvalue weighted by Gasteiger charge is -2.29. The van der Waals surface area contributed by atoms with Crippen molar-refractivity contribution in [2.24, 2.45) is 0 Å². The van der Waals surface area contributed by atoms with Crippen molar-refractivity contribution in [1.29, 1.82) is 0 Å². The molecular weight excluding hydrogens is 234 g/mol. The van der Waals surface area contributed by atoms with Crippen molar-refractivity contribution in [2.45, 2.75) is 26.9 Å². The zero-order valence-corrected chi connectivity index (χ0v) is 11.7. The van der Waals surface area contributed by atoms with Gasteiger partial charge in [0.1, 0.15) is 11.9 Å². The maximum absolute atomic E-state index is 6.17. The predicted molar refractivity (Wildman–Crippen MR) is 79.0 cm³/mol. The highest BCUT2D eigenvalue weighted by Gasteiger charge is 2.23. The molecule has 1 unspecified atom stereocenters. The van der Waals surface area contributed by atoms with Crippen molar-refractivity contribution in [3.05, 3.63) is 58.7 Å². The molecule has 0 spiro atoms. The highest BCUT2D eigenvalue weighted by atomic mass is 16.5. The van der Waals surface area contributed by atoms with Gasteiger partial charge in [0.25, 0.3) is 0 Å². The molecule has 2 aromatic rings. The molecule has 2 heteroatoms. The maximum Gasteiger partial charge on any atom is 0.143 e. The van der Waals surface area contributed by atoms with E-state index in [0.717, 1.165) is 18.0 Å². The molecule has 0 amide bonds. The number of hydrogen-bond acceptors (Lipinski definition) is 2. The fraction of sp³-hybridized carbons (Fsp3) is 0.294. The lowest BCUT2D eigenvalue weighted by molar-refractivity contribution is 0.209. The first-order chi connectivity index (χ1) is 9.15. The Balaban J connectivity index is 1.96. The minimum atomic E-state index is 0.0919. The van der Waals surface area contributed by atoms with Gasteiger partial charge in [0.05, 0.1) is 12.2 Å². The first kappa shape index (κ1) is 12.1. The van der Waals surface area contributed by atoms with Gasteiger partial charge in [-0.15, -0.1) is 0 Å². The van der Waals surface area contributed by atoms with Crippen LogP contribution in [0.4, 0.5) is 5.69 Å². The number of aryl methyl sites for hydroxylation is 3. The van der Waals surface area contributed by atoms with E-state index >= 15 is 0 Å². The van der Waals surface area contributed by atoms with Crippen LogP contribution < -0.4 is 10.1 Å². The number of rotatable bonds is 1. The number of fused-ring (bicyclic) bond motifs is 1. The molecule has 2 aromatic carbocycles. The molecule has 1 heterocycles. The van der Waals surface area contributed by atoms with Crippen LogP contribution in [0, 0.1) is 20.8 Å². The van der Waals surface area contributed by atoms with Crippen LogP contribution in [0.2, 0.25) is 0 Å². The highest BCUT2D eigenvalue weighted by molar-refractivity contribution is 5.63. The fourth-order valence-electron chi connectivity index (χ4n) is 2.64. The van der Waals surface area contributed by atoms with Crippen molar-refractivity contribution in [1.82, 2.24) is 0 Å². The summed E-state index contributed by atoms with van der Waals surface area (Å²) < 4.78 is 6.17. The van der Waals surface area contributed by atoms with Crippen molar-refractivity contribution in [3.63, 3.8) is 0 Å². The Labute approximate surface area is 114 Å². The monoisotopic (exact) mass is 253 g/mol. The average molecular weight is 253 g/mol. The summed E-state index contributed by atoms with van der Waals surface area (Å²) >= 11 is 0. The van der Waals surface area contributed by atoms with Gasteiger partial charge in [-0.3, -0.25) is 0 Å². The molecule has 19 heavy (non-hydrogen) atoms. The van der Waals surface area contributed by atoms with E-state index in [1.165, 1.54) is 22.3 Å². The van der Waals surface area contributed by atoms with Gasteiger partial charge in [-0.2, -0.15) is 0 Å². The standard InChI is InChI=1S/C17H19NO/c1-11-7-8-12(2)14(9-11)16-10-18-17-13(3)5-4-6-15(17)19-16/h4-9,16,18H,10H2,1-3H3. The average Bonchev–Trinajstić information content (AvgIpc) is 2.41. The molecule has 0 saturated carbocycles. The van der Waals surface area contributed by atoms with E-state index in [-0.39, 0.29) is 6.10 Å². The van der Waals surface area contributed by atoms with Gasteiger partial charge < -0.3 is 10.1 Å². The SMILES string of the molecule is Cc1ccc(C)c(C2CNc3c(C)cccc3O2)c1. The number of nitrogens with one attached hydrogen (secondary N) is 1. The second kappa shape index (κ2) is 4.61. The molecule has 0 radical (unpaired) electrons. The zero-order valence-electron chi connectivity index (χ0n) is 11.7. The van der Waals surface area contributed by atoms with Gasteiger partial charge in [0.2, 0.25) is 0 Å². The van der Waals surface area contributed by atoms with Crippen molar-refractivity contribution in [3.8, 4) is 5.75 Å². The Kier molecular flexibility index (Phi) is 2.94. The van der Waals surface area contributed by atoms with Crippen molar-refractivity contribution in [2.75, 3.05) is 11.9 Å². The van der Waals surface area contributed by atoms with E-state index in [4.69, 9.17) is 4.74 Å². The van der Waals surface area contributed by atoms with Crippen LogP contribution in [-0.2, 0) is 0 Å². The second-order valence-corrected chi connectivity index (χ2v) is 5.30. The molecule has 1 N–H and O–H groups in total. The van der Waals surface area contributed by atoms with Gasteiger partial charge in [0, 0.05) is 0 Å². The lowest BCUT2D eigenvalue weighted by Crippen LogP contribution is -2.24. The van der Waals surface area contributed by atoms with Crippen LogP contribution >= 0.6 is 0 Å². The quantitative estimate of drug-likeness (QED) is 0.824. The third-order valence-corrected chi connectivity index (χ3v) is 3.75. The predicted octanol–water partition coefficient (Wildman–Crippen LogP) is 4.16. The Morgan fingerprint density at radius 1 is 1.05 bits per heavy atom. The highest BCUT2D eigenvalue weighted by Crippen LogP contribution is 2.37. The molecule has 0 aliphatic carbocycles. The van der Waals surface area contributed by atoms with Crippen LogP contribution in [0.15, 0.2) is 36.4 Å². The van der Waals surface area contributed by atoms with Crippen LogP contribution in [0.5, 0.6) is 5.75 Å². The minimum absolute atomic E-state index is 0.0919. The number of ether oxygens (including phenoxy) is 1. The molecule has 3 rings (SSSR count). The number of para-hydroxylation sites is 1. The smallest absolute Gasteiger partial charge is 0.143 e. The number of anilines is 1. The molecule has 0 aromatic heterocycles. The minimum Gasteiger partial charge on any atom is -0.482 e. The summed E-state index contributed by atoms with van der Waals surface area (Å²) in [6.45, 7) is 7.19. The van der Waals surface area contributed by atoms with Crippen LogP contribution in [0.1, 0.15) is 28.4 Å². The molecule has 0 bridgehead atoms. The molecule has 98 valence electrons. The zero-order chi connectivity index (χ0) is 13.4. The molecular formula is C17H19NO. The van der Waals surface area contributed by atoms with Gasteiger partial charge in [0.15, 0.2) is 0 Å². The first-order valence-electron chi connectivity index (χ1n) is 6.72. The first-order valence-corrected chi connectivity index (χ1v) is 6.72. The van der Waals surface area contributed by atoms with E-state index in [1.54, 1.807) is 0 Å². The number of benzene rings is 2. The normalized spacial score (nSPS) is 17.3. The fourth-order valence-corrected chi connectivity index (χ4v) is 2.64. The summed E-state index contributed by atoms with van der Waals surface area (Å²) in [6.07, 6.45) is 0.0919. The van der Waals surface area contributed by atoms with Crippen molar-refractivity contribution < 1.29 is 4.74 Å². The van der Waals surface area contributed by atoms with Crippen LogP contribution in [0.3, 0.4) is 0 Å². The summed E-state index contributed by atoms with van der Waals surface area (Å²) in [7, 11) is 0. The van der Waals surface area contributed by atoms with E-state index in [0.29, 0.717) is 0 Å². The molecule has 0 saturated heterocycles. The summed E-state index contributed by atoms with van der Waals surface area (Å²) in [4.78, 5) is 0. The Morgan fingerprint density at radius 3 is 2.74 bits per heavy atom. The van der Waals surface area contributed by atoms with E-state index in [1.807, 2.05) is 12.1 Å². The topological polar surface area (TPSA) is 21.3 Å². The second-order valence-electron chi connectivity index (χ2n) is 5.30. The van der Waals surface area contributed by atoms with E-state index in [9.17, 15) is 0 Å². The molecule has 1 aliphatic heterocycles. The van der Waals surface area contributed by atoms with Crippen molar-refractivity contribution >= 4 is 5.69 Å². The summed E-state index contributed by atoms with van der Waals surface area (Å²) in [6, 6.07) is 12.7. The Bertz CT molecular complexity index is 619. The third kappa shape index (κ3) is 2.19. The van der Waals surface area contributed by atoms with Gasteiger partial charge >= 0.3 is 0 Å². The van der Waals surface area contributed by atoms with E-state index in [2.05, 4.69) is 50.4 Å². The summed E-state index contributed by atoms with van der Waals surface area (Å²) in [5, 5.41) is 3.50. The third-order valence-electron chi connectivity index (χ3n) is 3.75. The van der Waals surface area contributed by atoms with E-state index < -0.39 is 0 Å². The van der Waals surface area contributed by atoms with Crippen LogP contribution in [-0.4, -0.2) is 6.54 Å². The molecule has 0 fully saturated rings. The van der Waals surface area contributed by atoms with Gasteiger partial charge in [-0.05, 0) is 43.5 Å².